The first kappa shape index (κ1) is 14.7. The van der Waals surface area contributed by atoms with Gasteiger partial charge in [-0.25, -0.2) is 0 Å². The molecule has 3 heteroatoms. The lowest BCUT2D eigenvalue weighted by molar-refractivity contribution is 0.161. The molecular weight excluding hydrogens is 258 g/mol. The molecule has 21 heavy (non-hydrogen) atoms. The van der Waals surface area contributed by atoms with Crippen LogP contribution in [0.2, 0.25) is 0 Å². The number of anilines is 2. The first-order chi connectivity index (χ1) is 9.97. The van der Waals surface area contributed by atoms with Gasteiger partial charge in [0.05, 0.1) is 16.9 Å². The Kier molecular flexibility index (Phi) is 3.64. The van der Waals surface area contributed by atoms with Crippen LogP contribution in [0.25, 0.3) is 0 Å². The fraction of sp³-hybridized carbons (Fsp3) is 0.667. The normalized spacial score (nSPS) is 23.8. The largest absolute Gasteiger partial charge is 0.371 e. The highest BCUT2D eigenvalue weighted by molar-refractivity contribution is 5.74. The molecule has 116 valence electrons. The van der Waals surface area contributed by atoms with E-state index in [2.05, 4.69) is 55.0 Å². The van der Waals surface area contributed by atoms with E-state index in [9.17, 15) is 0 Å². The van der Waals surface area contributed by atoms with Gasteiger partial charge in [0, 0.05) is 26.7 Å². The molecule has 0 bridgehead atoms. The van der Waals surface area contributed by atoms with E-state index in [4.69, 9.17) is 5.73 Å². The van der Waals surface area contributed by atoms with Gasteiger partial charge in [0.15, 0.2) is 0 Å². The first-order valence-electron chi connectivity index (χ1n) is 8.25. The van der Waals surface area contributed by atoms with Crippen LogP contribution in [0, 0.1) is 5.41 Å². The molecular formula is C18H29N3. The summed E-state index contributed by atoms with van der Waals surface area (Å²) in [5.74, 6) is 0. The van der Waals surface area contributed by atoms with Gasteiger partial charge in [0.2, 0.25) is 0 Å². The summed E-state index contributed by atoms with van der Waals surface area (Å²) in [6, 6.07) is 8.79. The lowest BCUT2D eigenvalue weighted by atomic mass is 9.68. The van der Waals surface area contributed by atoms with Crippen molar-refractivity contribution in [3.05, 3.63) is 24.3 Å². The Morgan fingerprint density at radius 2 is 1.62 bits per heavy atom. The summed E-state index contributed by atoms with van der Waals surface area (Å²) in [5.41, 5.74) is 9.65. The predicted molar refractivity (Wildman–Crippen MR) is 91.1 cm³/mol. The number of rotatable bonds is 2. The topological polar surface area (TPSA) is 32.5 Å². The van der Waals surface area contributed by atoms with Crippen LogP contribution in [0.4, 0.5) is 11.4 Å². The maximum absolute atomic E-state index is 6.29. The Bertz CT molecular complexity index is 499. The van der Waals surface area contributed by atoms with Crippen molar-refractivity contribution in [3.8, 4) is 0 Å². The lowest BCUT2D eigenvalue weighted by Crippen LogP contribution is -2.60. The second kappa shape index (κ2) is 5.20. The average Bonchev–Trinajstić information content (AvgIpc) is 2.49. The van der Waals surface area contributed by atoms with Gasteiger partial charge < -0.3 is 15.5 Å². The third kappa shape index (κ3) is 2.52. The highest BCUT2D eigenvalue weighted by atomic mass is 15.3. The number of para-hydroxylation sites is 2. The molecule has 0 aromatic heterocycles. The standard InChI is InChI=1S/C18H29N3/c1-17(2)8-10-18(14-19,11-9-17)21-13-12-20(3)15-6-4-5-7-16(15)21/h4-7H,8-14,19H2,1-3H3. The van der Waals surface area contributed by atoms with E-state index in [1.807, 2.05) is 0 Å². The molecule has 3 rings (SSSR count). The molecule has 1 fully saturated rings. The van der Waals surface area contributed by atoms with Gasteiger partial charge in [0.1, 0.15) is 0 Å². The molecule has 1 aliphatic heterocycles. The van der Waals surface area contributed by atoms with E-state index in [0.29, 0.717) is 5.41 Å². The van der Waals surface area contributed by atoms with Gasteiger partial charge in [-0.2, -0.15) is 0 Å². The molecule has 1 saturated carbocycles. The number of hydrogen-bond acceptors (Lipinski definition) is 3. The molecule has 0 saturated heterocycles. The SMILES string of the molecule is CN1CCN(C2(CN)CCC(C)(C)CC2)c2ccccc21. The Hall–Kier alpha value is -1.22. The summed E-state index contributed by atoms with van der Waals surface area (Å²) in [5, 5.41) is 0. The van der Waals surface area contributed by atoms with Gasteiger partial charge in [-0.1, -0.05) is 26.0 Å². The molecule has 0 atom stereocenters. The minimum atomic E-state index is 0.160. The van der Waals surface area contributed by atoms with Crippen LogP contribution < -0.4 is 15.5 Å². The molecule has 0 spiro atoms. The van der Waals surface area contributed by atoms with Crippen molar-refractivity contribution in [1.29, 1.82) is 0 Å². The summed E-state index contributed by atoms with van der Waals surface area (Å²) in [7, 11) is 2.19. The minimum absolute atomic E-state index is 0.160. The average molecular weight is 287 g/mol. The third-order valence-electron chi connectivity index (χ3n) is 5.73. The number of likely N-dealkylation sites (N-methyl/N-ethyl adjacent to an activating group) is 1. The Labute approximate surface area is 129 Å². The molecule has 1 aromatic carbocycles. The van der Waals surface area contributed by atoms with E-state index in [-0.39, 0.29) is 5.54 Å². The number of nitrogens with two attached hydrogens (primary N) is 1. The number of fused-ring (bicyclic) bond motifs is 1. The first-order valence-corrected chi connectivity index (χ1v) is 8.25. The van der Waals surface area contributed by atoms with Crippen LogP contribution >= 0.6 is 0 Å². The summed E-state index contributed by atoms with van der Waals surface area (Å²) in [4.78, 5) is 4.99. The van der Waals surface area contributed by atoms with Gasteiger partial charge >= 0.3 is 0 Å². The number of hydrogen-bond donors (Lipinski definition) is 1. The van der Waals surface area contributed by atoms with E-state index >= 15 is 0 Å². The Balaban J connectivity index is 1.94. The minimum Gasteiger partial charge on any atom is -0.371 e. The fourth-order valence-corrected chi connectivity index (χ4v) is 3.98. The molecule has 0 amide bonds. The third-order valence-corrected chi connectivity index (χ3v) is 5.73. The monoisotopic (exact) mass is 287 g/mol. The molecule has 2 N–H and O–H groups in total. The van der Waals surface area contributed by atoms with E-state index < -0.39 is 0 Å². The second-order valence-corrected chi connectivity index (χ2v) is 7.65. The molecule has 1 aliphatic carbocycles. The van der Waals surface area contributed by atoms with Crippen molar-refractivity contribution >= 4 is 11.4 Å². The van der Waals surface area contributed by atoms with Crippen LogP contribution in [-0.4, -0.2) is 32.2 Å². The fourth-order valence-electron chi connectivity index (χ4n) is 3.98. The van der Waals surface area contributed by atoms with Crippen LogP contribution in [-0.2, 0) is 0 Å². The highest BCUT2D eigenvalue weighted by Crippen LogP contribution is 2.46. The second-order valence-electron chi connectivity index (χ2n) is 7.65. The molecule has 3 nitrogen and oxygen atoms in total. The zero-order valence-corrected chi connectivity index (χ0v) is 13.7. The predicted octanol–water partition coefficient (Wildman–Crippen LogP) is 3.24. The molecule has 1 aromatic rings. The van der Waals surface area contributed by atoms with Crippen molar-refractivity contribution in [2.24, 2.45) is 11.1 Å². The summed E-state index contributed by atoms with van der Waals surface area (Å²) >= 11 is 0. The van der Waals surface area contributed by atoms with Gasteiger partial charge in [0.25, 0.3) is 0 Å². The van der Waals surface area contributed by atoms with Gasteiger partial charge in [-0.15, -0.1) is 0 Å². The van der Waals surface area contributed by atoms with E-state index in [0.717, 1.165) is 19.6 Å². The molecule has 0 unspecified atom stereocenters. The van der Waals surface area contributed by atoms with Crippen LogP contribution in [0.5, 0.6) is 0 Å². The number of nitrogens with zero attached hydrogens (tertiary/aromatic N) is 2. The Morgan fingerprint density at radius 1 is 1.00 bits per heavy atom. The van der Waals surface area contributed by atoms with Crippen molar-refractivity contribution in [2.45, 2.75) is 45.1 Å². The van der Waals surface area contributed by atoms with Crippen LogP contribution in [0.3, 0.4) is 0 Å². The van der Waals surface area contributed by atoms with Crippen LogP contribution in [0.1, 0.15) is 39.5 Å². The van der Waals surface area contributed by atoms with E-state index in [1.165, 1.54) is 37.1 Å². The van der Waals surface area contributed by atoms with Crippen molar-refractivity contribution in [3.63, 3.8) is 0 Å². The van der Waals surface area contributed by atoms with E-state index in [1.54, 1.807) is 0 Å². The van der Waals surface area contributed by atoms with Crippen LogP contribution in [0.15, 0.2) is 24.3 Å². The summed E-state index contributed by atoms with van der Waals surface area (Å²) in [6.07, 6.45) is 4.99. The van der Waals surface area contributed by atoms with Gasteiger partial charge in [-0.3, -0.25) is 0 Å². The van der Waals surface area contributed by atoms with Gasteiger partial charge in [-0.05, 0) is 43.2 Å². The quantitative estimate of drug-likeness (QED) is 0.906. The highest BCUT2D eigenvalue weighted by Gasteiger charge is 2.43. The zero-order chi connectivity index (χ0) is 15.1. The molecule has 1 heterocycles. The maximum atomic E-state index is 6.29. The smallest absolute Gasteiger partial charge is 0.0609 e. The lowest BCUT2D eigenvalue weighted by Gasteiger charge is -2.53. The summed E-state index contributed by atoms with van der Waals surface area (Å²) in [6.45, 7) is 7.73. The molecule has 2 aliphatic rings. The van der Waals surface area contributed by atoms with Crippen molar-refractivity contribution in [2.75, 3.05) is 36.5 Å². The summed E-state index contributed by atoms with van der Waals surface area (Å²) < 4.78 is 0. The molecule has 0 radical (unpaired) electrons. The van der Waals surface area contributed by atoms with Crippen molar-refractivity contribution in [1.82, 2.24) is 0 Å². The van der Waals surface area contributed by atoms with Crippen molar-refractivity contribution < 1.29 is 0 Å². The Morgan fingerprint density at radius 3 is 2.24 bits per heavy atom. The maximum Gasteiger partial charge on any atom is 0.0609 e. The number of benzene rings is 1. The zero-order valence-electron chi connectivity index (χ0n) is 13.7.